The van der Waals surface area contributed by atoms with Crippen LogP contribution in [0.2, 0.25) is 0 Å². The standard InChI is InChI=1S/C13H18N4O2S/c18-12(14-1-2-16-3-6-19-7-4-16)9-11-10-17-5-8-20-13(17)15-11/h5,8,10H,1-4,6-7,9H2,(H,14,18). The summed E-state index contributed by atoms with van der Waals surface area (Å²) in [6.07, 6.45) is 4.21. The molecule has 0 unspecified atom stereocenters. The topological polar surface area (TPSA) is 58.9 Å². The van der Waals surface area contributed by atoms with Gasteiger partial charge in [-0.1, -0.05) is 0 Å². The molecule has 0 bridgehead atoms. The molecule has 0 aliphatic carbocycles. The van der Waals surface area contributed by atoms with E-state index in [4.69, 9.17) is 4.74 Å². The molecule has 3 heterocycles. The quantitative estimate of drug-likeness (QED) is 0.866. The minimum Gasteiger partial charge on any atom is -0.379 e. The van der Waals surface area contributed by atoms with Gasteiger partial charge in [0.15, 0.2) is 4.96 Å². The number of hydrogen-bond acceptors (Lipinski definition) is 5. The van der Waals surface area contributed by atoms with Crippen molar-refractivity contribution in [3.8, 4) is 0 Å². The number of amides is 1. The third kappa shape index (κ3) is 3.36. The molecular formula is C13H18N4O2S. The van der Waals surface area contributed by atoms with Gasteiger partial charge in [-0.2, -0.15) is 0 Å². The van der Waals surface area contributed by atoms with Crippen molar-refractivity contribution >= 4 is 22.2 Å². The number of imidazole rings is 1. The monoisotopic (exact) mass is 294 g/mol. The number of carbonyl (C=O) groups excluding carboxylic acids is 1. The normalized spacial score (nSPS) is 16.6. The summed E-state index contributed by atoms with van der Waals surface area (Å²) in [5, 5.41) is 4.93. The lowest BCUT2D eigenvalue weighted by Gasteiger charge is -2.26. The van der Waals surface area contributed by atoms with E-state index in [2.05, 4.69) is 15.2 Å². The second-order valence-electron chi connectivity index (χ2n) is 4.81. The molecule has 0 radical (unpaired) electrons. The van der Waals surface area contributed by atoms with Crippen LogP contribution < -0.4 is 5.32 Å². The zero-order valence-electron chi connectivity index (χ0n) is 11.2. The summed E-state index contributed by atoms with van der Waals surface area (Å²) >= 11 is 1.57. The summed E-state index contributed by atoms with van der Waals surface area (Å²) < 4.78 is 7.23. The minimum absolute atomic E-state index is 0.0315. The lowest BCUT2D eigenvalue weighted by Crippen LogP contribution is -2.41. The van der Waals surface area contributed by atoms with Gasteiger partial charge in [-0.05, 0) is 0 Å². The molecule has 1 fully saturated rings. The highest BCUT2D eigenvalue weighted by Crippen LogP contribution is 2.11. The number of rotatable bonds is 5. The van der Waals surface area contributed by atoms with Crippen LogP contribution in [0.5, 0.6) is 0 Å². The number of nitrogens with one attached hydrogen (secondary N) is 1. The average molecular weight is 294 g/mol. The summed E-state index contributed by atoms with van der Waals surface area (Å²) in [7, 11) is 0. The summed E-state index contributed by atoms with van der Waals surface area (Å²) in [6.45, 7) is 5.05. The van der Waals surface area contributed by atoms with Gasteiger partial charge in [0, 0.05) is 44.0 Å². The van der Waals surface area contributed by atoms with Gasteiger partial charge in [-0.15, -0.1) is 11.3 Å². The van der Waals surface area contributed by atoms with Crippen molar-refractivity contribution in [1.29, 1.82) is 0 Å². The number of aromatic nitrogens is 2. The molecule has 0 spiro atoms. The van der Waals surface area contributed by atoms with Gasteiger partial charge >= 0.3 is 0 Å². The van der Waals surface area contributed by atoms with Crippen LogP contribution in [0.1, 0.15) is 5.69 Å². The van der Waals surface area contributed by atoms with Gasteiger partial charge < -0.3 is 10.1 Å². The fourth-order valence-electron chi connectivity index (χ4n) is 2.27. The Hall–Kier alpha value is -1.44. The van der Waals surface area contributed by atoms with Gasteiger partial charge in [0.25, 0.3) is 0 Å². The van der Waals surface area contributed by atoms with E-state index in [0.717, 1.165) is 43.5 Å². The summed E-state index contributed by atoms with van der Waals surface area (Å²) in [5.74, 6) is 0.0315. The molecule has 1 saturated heterocycles. The highest BCUT2D eigenvalue weighted by atomic mass is 32.1. The van der Waals surface area contributed by atoms with E-state index in [1.165, 1.54) is 0 Å². The van der Waals surface area contributed by atoms with E-state index in [9.17, 15) is 4.79 Å². The first-order valence-electron chi connectivity index (χ1n) is 6.79. The molecule has 1 amide bonds. The maximum absolute atomic E-state index is 11.9. The van der Waals surface area contributed by atoms with Crippen LogP contribution in [-0.4, -0.2) is 59.6 Å². The van der Waals surface area contributed by atoms with Crippen molar-refractivity contribution in [1.82, 2.24) is 19.6 Å². The second-order valence-corrected chi connectivity index (χ2v) is 5.68. The van der Waals surface area contributed by atoms with Crippen molar-refractivity contribution < 1.29 is 9.53 Å². The van der Waals surface area contributed by atoms with Crippen LogP contribution >= 0.6 is 11.3 Å². The summed E-state index contributed by atoms with van der Waals surface area (Å²) in [4.78, 5) is 19.5. The SMILES string of the molecule is O=C(Cc1cn2ccsc2n1)NCCN1CCOCC1. The molecule has 108 valence electrons. The maximum atomic E-state index is 11.9. The van der Waals surface area contributed by atoms with Gasteiger partial charge in [0.05, 0.1) is 25.3 Å². The van der Waals surface area contributed by atoms with E-state index < -0.39 is 0 Å². The third-order valence-corrected chi connectivity index (χ3v) is 4.11. The molecule has 1 aliphatic rings. The third-order valence-electron chi connectivity index (χ3n) is 3.34. The number of ether oxygens (including phenoxy) is 1. The Bertz CT molecular complexity index is 545. The fourth-order valence-corrected chi connectivity index (χ4v) is 2.99. The number of nitrogens with zero attached hydrogens (tertiary/aromatic N) is 3. The van der Waals surface area contributed by atoms with E-state index in [0.29, 0.717) is 13.0 Å². The largest absolute Gasteiger partial charge is 0.379 e. The smallest absolute Gasteiger partial charge is 0.226 e. The summed E-state index contributed by atoms with van der Waals surface area (Å²) in [6, 6.07) is 0. The predicted molar refractivity (Wildman–Crippen MR) is 77.0 cm³/mol. The second kappa shape index (κ2) is 6.34. The molecule has 7 heteroatoms. The predicted octanol–water partition coefficient (Wildman–Crippen LogP) is 0.387. The molecule has 6 nitrogen and oxygen atoms in total. The van der Waals surface area contributed by atoms with Gasteiger partial charge in [-0.3, -0.25) is 14.1 Å². The zero-order chi connectivity index (χ0) is 13.8. The van der Waals surface area contributed by atoms with E-state index in [-0.39, 0.29) is 5.91 Å². The number of fused-ring (bicyclic) bond motifs is 1. The molecular weight excluding hydrogens is 276 g/mol. The molecule has 2 aromatic heterocycles. The molecule has 1 aliphatic heterocycles. The summed E-state index contributed by atoms with van der Waals surface area (Å²) in [5.41, 5.74) is 0.820. The molecule has 20 heavy (non-hydrogen) atoms. The number of morpholine rings is 1. The molecule has 0 aromatic carbocycles. The highest BCUT2D eigenvalue weighted by Gasteiger charge is 2.11. The zero-order valence-corrected chi connectivity index (χ0v) is 12.1. The van der Waals surface area contributed by atoms with Gasteiger partial charge in [-0.25, -0.2) is 4.98 Å². The number of hydrogen-bond donors (Lipinski definition) is 1. The Morgan fingerprint density at radius 1 is 1.45 bits per heavy atom. The minimum atomic E-state index is 0.0315. The molecule has 0 saturated carbocycles. The van der Waals surface area contributed by atoms with Crippen molar-refractivity contribution in [3.63, 3.8) is 0 Å². The van der Waals surface area contributed by atoms with E-state index >= 15 is 0 Å². The van der Waals surface area contributed by atoms with E-state index in [1.54, 1.807) is 11.3 Å². The first kappa shape index (κ1) is 13.5. The number of thiazole rings is 1. The van der Waals surface area contributed by atoms with Crippen LogP contribution in [0.15, 0.2) is 17.8 Å². The van der Waals surface area contributed by atoms with Crippen LogP contribution in [0, 0.1) is 0 Å². The van der Waals surface area contributed by atoms with Crippen LogP contribution in [0.3, 0.4) is 0 Å². The maximum Gasteiger partial charge on any atom is 0.226 e. The van der Waals surface area contributed by atoms with Crippen molar-refractivity contribution in [2.45, 2.75) is 6.42 Å². The Kier molecular flexibility index (Phi) is 4.29. The van der Waals surface area contributed by atoms with Crippen molar-refractivity contribution in [2.24, 2.45) is 0 Å². The van der Waals surface area contributed by atoms with Crippen LogP contribution in [0.25, 0.3) is 4.96 Å². The lowest BCUT2D eigenvalue weighted by molar-refractivity contribution is -0.120. The average Bonchev–Trinajstić information content (AvgIpc) is 3.01. The van der Waals surface area contributed by atoms with Crippen LogP contribution in [-0.2, 0) is 16.0 Å². The molecule has 1 N–H and O–H groups in total. The van der Waals surface area contributed by atoms with Crippen molar-refractivity contribution in [2.75, 3.05) is 39.4 Å². The van der Waals surface area contributed by atoms with Gasteiger partial charge in [0.1, 0.15) is 0 Å². The fraction of sp³-hybridized carbons (Fsp3) is 0.538. The first-order valence-corrected chi connectivity index (χ1v) is 7.67. The highest BCUT2D eigenvalue weighted by molar-refractivity contribution is 7.15. The number of carbonyl (C=O) groups is 1. The first-order chi connectivity index (χ1) is 9.81. The molecule has 0 atom stereocenters. The molecule has 3 rings (SSSR count). The van der Waals surface area contributed by atoms with Gasteiger partial charge in [0.2, 0.25) is 5.91 Å². The Morgan fingerprint density at radius 2 is 2.30 bits per heavy atom. The van der Waals surface area contributed by atoms with E-state index in [1.807, 2.05) is 22.2 Å². The van der Waals surface area contributed by atoms with Crippen molar-refractivity contribution in [3.05, 3.63) is 23.5 Å². The lowest BCUT2D eigenvalue weighted by atomic mass is 10.3. The Balaban J connectivity index is 1.41. The Morgan fingerprint density at radius 3 is 3.10 bits per heavy atom. The molecule has 2 aromatic rings. The Labute approximate surface area is 121 Å². The van der Waals surface area contributed by atoms with Crippen LogP contribution in [0.4, 0.5) is 0 Å².